The highest BCUT2D eigenvalue weighted by molar-refractivity contribution is 5.57. The quantitative estimate of drug-likeness (QED) is 0.848. The Labute approximate surface area is 125 Å². The minimum atomic E-state index is 0.722. The van der Waals surface area contributed by atoms with Crippen LogP contribution in [0.15, 0.2) is 41.0 Å². The Morgan fingerprint density at radius 3 is 2.90 bits per heavy atom. The van der Waals surface area contributed by atoms with Crippen LogP contribution in [0.25, 0.3) is 0 Å². The van der Waals surface area contributed by atoms with E-state index in [4.69, 9.17) is 9.15 Å². The van der Waals surface area contributed by atoms with Crippen molar-refractivity contribution >= 4 is 5.69 Å². The molecule has 0 unspecified atom stereocenters. The summed E-state index contributed by atoms with van der Waals surface area (Å²) in [6.45, 7) is 1.62. The van der Waals surface area contributed by atoms with Gasteiger partial charge in [-0.3, -0.25) is 0 Å². The van der Waals surface area contributed by atoms with Crippen molar-refractivity contribution in [1.29, 1.82) is 0 Å². The van der Waals surface area contributed by atoms with Gasteiger partial charge in [-0.25, -0.2) is 0 Å². The van der Waals surface area contributed by atoms with Gasteiger partial charge in [0.05, 0.1) is 25.6 Å². The third kappa shape index (κ3) is 3.58. The number of methoxy groups -OCH3 is 1. The molecule has 1 aromatic carbocycles. The average molecular weight is 286 g/mol. The minimum Gasteiger partial charge on any atom is -0.495 e. The predicted molar refractivity (Wildman–Crippen MR) is 83.7 cm³/mol. The lowest BCUT2D eigenvalue weighted by atomic mass is 10.2. The van der Waals surface area contributed by atoms with Gasteiger partial charge in [0.25, 0.3) is 0 Å². The Morgan fingerprint density at radius 1 is 1.33 bits per heavy atom. The van der Waals surface area contributed by atoms with Gasteiger partial charge < -0.3 is 19.4 Å². The molecule has 1 aliphatic carbocycles. The van der Waals surface area contributed by atoms with Crippen LogP contribution in [0.2, 0.25) is 0 Å². The molecule has 4 heteroatoms. The fourth-order valence-electron chi connectivity index (χ4n) is 2.42. The zero-order valence-corrected chi connectivity index (χ0v) is 12.6. The maximum Gasteiger partial charge on any atom is 0.142 e. The molecule has 0 saturated heterocycles. The topological polar surface area (TPSA) is 37.6 Å². The summed E-state index contributed by atoms with van der Waals surface area (Å²) in [4.78, 5) is 2.13. The molecule has 1 aromatic heterocycles. The number of benzene rings is 1. The van der Waals surface area contributed by atoms with Crippen LogP contribution in [0.5, 0.6) is 5.75 Å². The van der Waals surface area contributed by atoms with Crippen molar-refractivity contribution in [2.75, 3.05) is 19.1 Å². The summed E-state index contributed by atoms with van der Waals surface area (Å²) in [6.07, 6.45) is 4.46. The molecule has 1 heterocycles. The van der Waals surface area contributed by atoms with E-state index in [9.17, 15) is 0 Å². The number of nitrogens with zero attached hydrogens (tertiary/aromatic N) is 1. The van der Waals surface area contributed by atoms with Crippen molar-refractivity contribution in [2.45, 2.75) is 32.0 Å². The van der Waals surface area contributed by atoms with Gasteiger partial charge in [-0.1, -0.05) is 12.1 Å². The summed E-state index contributed by atoms with van der Waals surface area (Å²) in [7, 11) is 3.74. The highest BCUT2D eigenvalue weighted by Gasteiger charge is 2.20. The van der Waals surface area contributed by atoms with E-state index >= 15 is 0 Å². The molecule has 1 N–H and O–H groups in total. The molecule has 1 aliphatic rings. The van der Waals surface area contributed by atoms with E-state index < -0.39 is 0 Å². The Hall–Kier alpha value is -1.94. The second kappa shape index (κ2) is 6.22. The second-order valence-corrected chi connectivity index (χ2v) is 5.60. The van der Waals surface area contributed by atoms with Gasteiger partial charge in [0, 0.05) is 25.2 Å². The fraction of sp³-hybridized carbons (Fsp3) is 0.412. The summed E-state index contributed by atoms with van der Waals surface area (Å²) in [5.41, 5.74) is 2.28. The van der Waals surface area contributed by atoms with Crippen molar-refractivity contribution in [3.05, 3.63) is 47.9 Å². The standard InChI is InChI=1S/C17H22N2O2/c1-19(16-5-3-4-6-17(16)20-2)11-15-9-13(12-21-15)10-18-14-7-8-14/h3-6,9,12,14,18H,7-8,10-11H2,1-2H3. The molecule has 21 heavy (non-hydrogen) atoms. The molecule has 1 saturated carbocycles. The molecule has 0 amide bonds. The molecule has 3 rings (SSSR count). The lowest BCUT2D eigenvalue weighted by molar-refractivity contribution is 0.414. The summed E-state index contributed by atoms with van der Waals surface area (Å²) in [5.74, 6) is 1.85. The van der Waals surface area contributed by atoms with E-state index in [1.165, 1.54) is 18.4 Å². The number of para-hydroxylation sites is 2. The third-order valence-electron chi connectivity index (χ3n) is 3.77. The summed E-state index contributed by atoms with van der Waals surface area (Å²) in [5, 5.41) is 3.50. The number of hydrogen-bond acceptors (Lipinski definition) is 4. The van der Waals surface area contributed by atoms with Gasteiger partial charge >= 0.3 is 0 Å². The first-order valence-corrected chi connectivity index (χ1v) is 7.40. The monoisotopic (exact) mass is 286 g/mol. The number of ether oxygens (including phenoxy) is 1. The second-order valence-electron chi connectivity index (χ2n) is 5.60. The molecule has 0 atom stereocenters. The lowest BCUT2D eigenvalue weighted by Gasteiger charge is -2.20. The van der Waals surface area contributed by atoms with Gasteiger partial charge in [0.1, 0.15) is 11.5 Å². The van der Waals surface area contributed by atoms with Crippen LogP contribution in [-0.4, -0.2) is 20.2 Å². The van der Waals surface area contributed by atoms with Crippen LogP contribution in [0.4, 0.5) is 5.69 Å². The molecular weight excluding hydrogens is 264 g/mol. The lowest BCUT2D eigenvalue weighted by Crippen LogP contribution is -2.17. The number of hydrogen-bond donors (Lipinski definition) is 1. The van der Waals surface area contributed by atoms with E-state index in [0.29, 0.717) is 0 Å². The first kappa shape index (κ1) is 14.0. The summed E-state index contributed by atoms with van der Waals surface area (Å²) < 4.78 is 11.1. The molecule has 2 aromatic rings. The SMILES string of the molecule is COc1ccccc1N(C)Cc1cc(CNC2CC2)co1. The van der Waals surface area contributed by atoms with Gasteiger partial charge in [-0.05, 0) is 31.0 Å². The number of furan rings is 1. The largest absolute Gasteiger partial charge is 0.495 e. The van der Waals surface area contributed by atoms with Crippen molar-refractivity contribution in [2.24, 2.45) is 0 Å². The van der Waals surface area contributed by atoms with Gasteiger partial charge in [-0.15, -0.1) is 0 Å². The van der Waals surface area contributed by atoms with E-state index in [1.54, 1.807) is 7.11 Å². The molecule has 0 aliphatic heterocycles. The molecule has 1 fully saturated rings. The highest BCUT2D eigenvalue weighted by Crippen LogP contribution is 2.28. The first-order chi connectivity index (χ1) is 10.3. The van der Waals surface area contributed by atoms with Crippen LogP contribution < -0.4 is 15.0 Å². The van der Waals surface area contributed by atoms with E-state index in [-0.39, 0.29) is 0 Å². The fourth-order valence-corrected chi connectivity index (χ4v) is 2.42. The maximum atomic E-state index is 5.66. The van der Waals surface area contributed by atoms with Gasteiger partial charge in [0.15, 0.2) is 0 Å². The van der Waals surface area contributed by atoms with Crippen LogP contribution in [0, 0.1) is 0 Å². The Morgan fingerprint density at radius 2 is 2.14 bits per heavy atom. The van der Waals surface area contributed by atoms with Gasteiger partial charge in [0.2, 0.25) is 0 Å². The zero-order valence-electron chi connectivity index (χ0n) is 12.6. The normalized spacial score (nSPS) is 14.2. The van der Waals surface area contributed by atoms with Crippen molar-refractivity contribution in [3.63, 3.8) is 0 Å². The smallest absolute Gasteiger partial charge is 0.142 e. The number of nitrogens with one attached hydrogen (secondary N) is 1. The van der Waals surface area contributed by atoms with Crippen molar-refractivity contribution < 1.29 is 9.15 Å². The highest BCUT2D eigenvalue weighted by atomic mass is 16.5. The molecule has 112 valence electrons. The Kier molecular flexibility index (Phi) is 4.15. The molecule has 4 nitrogen and oxygen atoms in total. The summed E-state index contributed by atoms with van der Waals surface area (Å²) >= 11 is 0. The predicted octanol–water partition coefficient (Wildman–Crippen LogP) is 3.18. The maximum absolute atomic E-state index is 5.66. The van der Waals surface area contributed by atoms with E-state index in [0.717, 1.165) is 36.3 Å². The van der Waals surface area contributed by atoms with E-state index in [2.05, 4.69) is 22.3 Å². The van der Waals surface area contributed by atoms with E-state index in [1.807, 2.05) is 31.5 Å². The Balaban J connectivity index is 1.62. The molecule has 0 bridgehead atoms. The number of anilines is 1. The van der Waals surface area contributed by atoms with Crippen molar-refractivity contribution in [3.8, 4) is 5.75 Å². The Bertz CT molecular complexity index is 590. The molecule has 0 radical (unpaired) electrons. The first-order valence-electron chi connectivity index (χ1n) is 7.40. The van der Waals surface area contributed by atoms with Crippen LogP contribution in [0.1, 0.15) is 24.2 Å². The molecular formula is C17H22N2O2. The van der Waals surface area contributed by atoms with Crippen LogP contribution in [0.3, 0.4) is 0 Å². The van der Waals surface area contributed by atoms with Crippen LogP contribution >= 0.6 is 0 Å². The average Bonchev–Trinajstić information content (AvgIpc) is 3.24. The third-order valence-corrected chi connectivity index (χ3v) is 3.77. The van der Waals surface area contributed by atoms with Crippen LogP contribution in [-0.2, 0) is 13.1 Å². The van der Waals surface area contributed by atoms with Crippen molar-refractivity contribution in [1.82, 2.24) is 5.32 Å². The number of rotatable bonds is 7. The van der Waals surface area contributed by atoms with Gasteiger partial charge in [-0.2, -0.15) is 0 Å². The summed E-state index contributed by atoms with van der Waals surface area (Å²) in [6, 6.07) is 10.9. The zero-order chi connectivity index (χ0) is 14.7. The molecule has 0 spiro atoms. The minimum absolute atomic E-state index is 0.722.